The molecule has 1 amide bonds. The summed E-state index contributed by atoms with van der Waals surface area (Å²) in [5, 5.41) is 4.25. The summed E-state index contributed by atoms with van der Waals surface area (Å²) in [6.07, 6.45) is 4.90. The van der Waals surface area contributed by atoms with Crippen LogP contribution in [-0.2, 0) is 4.74 Å². The summed E-state index contributed by atoms with van der Waals surface area (Å²) in [7, 11) is 0. The monoisotopic (exact) mass is 340 g/mol. The summed E-state index contributed by atoms with van der Waals surface area (Å²) in [6, 6.07) is 1.64. The molecule has 10 heteroatoms. The molecule has 4 heterocycles. The standard InChI is InChI=1S/C15H16N8O2/c16-13(24)10-5-12-14(22-1-3-25-4-2-22)20-11(8-23(12)21-10)9-6-18-15(17)19-7-9/h5-8H,1-4H2,(H2,16,24)(H2,17,18,19). The molecule has 0 radical (unpaired) electrons. The summed E-state index contributed by atoms with van der Waals surface area (Å²) >= 11 is 0. The van der Waals surface area contributed by atoms with Gasteiger partial charge in [-0.2, -0.15) is 5.10 Å². The number of nitrogens with two attached hydrogens (primary N) is 2. The minimum atomic E-state index is -0.589. The zero-order valence-corrected chi connectivity index (χ0v) is 13.3. The van der Waals surface area contributed by atoms with E-state index in [2.05, 4.69) is 20.0 Å². The van der Waals surface area contributed by atoms with Gasteiger partial charge in [0.1, 0.15) is 5.52 Å². The van der Waals surface area contributed by atoms with Crippen LogP contribution < -0.4 is 16.4 Å². The quantitative estimate of drug-likeness (QED) is 0.663. The van der Waals surface area contributed by atoms with Crippen molar-refractivity contribution in [1.29, 1.82) is 0 Å². The normalized spacial score (nSPS) is 14.8. The van der Waals surface area contributed by atoms with Crippen molar-refractivity contribution in [3.8, 4) is 11.3 Å². The highest BCUT2D eigenvalue weighted by Gasteiger charge is 2.20. The first-order valence-corrected chi connectivity index (χ1v) is 7.72. The molecule has 0 bridgehead atoms. The maximum absolute atomic E-state index is 11.5. The smallest absolute Gasteiger partial charge is 0.269 e. The molecule has 0 saturated carbocycles. The van der Waals surface area contributed by atoms with Gasteiger partial charge in [-0.1, -0.05) is 0 Å². The van der Waals surface area contributed by atoms with Crippen LogP contribution in [0.3, 0.4) is 0 Å². The third-order valence-corrected chi connectivity index (χ3v) is 3.97. The predicted octanol–water partition coefficient (Wildman–Crippen LogP) is -0.296. The Morgan fingerprint density at radius 1 is 1.20 bits per heavy atom. The lowest BCUT2D eigenvalue weighted by Crippen LogP contribution is -2.37. The second-order valence-corrected chi connectivity index (χ2v) is 5.60. The number of hydrogen-bond acceptors (Lipinski definition) is 8. The number of amides is 1. The Labute approximate surface area is 142 Å². The number of carbonyl (C=O) groups is 1. The average molecular weight is 340 g/mol. The largest absolute Gasteiger partial charge is 0.378 e. The van der Waals surface area contributed by atoms with Crippen LogP contribution in [0.1, 0.15) is 10.5 Å². The molecule has 1 fully saturated rings. The number of anilines is 2. The minimum absolute atomic E-state index is 0.182. The Morgan fingerprint density at radius 2 is 1.92 bits per heavy atom. The van der Waals surface area contributed by atoms with Crippen LogP contribution in [0.4, 0.5) is 11.8 Å². The van der Waals surface area contributed by atoms with E-state index in [1.54, 1.807) is 29.2 Å². The number of carbonyl (C=O) groups excluding carboxylic acids is 1. The number of aromatic nitrogens is 5. The van der Waals surface area contributed by atoms with Gasteiger partial charge < -0.3 is 21.1 Å². The maximum atomic E-state index is 11.5. The molecule has 1 aliphatic heterocycles. The van der Waals surface area contributed by atoms with Crippen LogP contribution in [0.5, 0.6) is 0 Å². The number of rotatable bonds is 3. The molecule has 128 valence electrons. The highest BCUT2D eigenvalue weighted by Crippen LogP contribution is 2.26. The third kappa shape index (κ3) is 2.83. The third-order valence-electron chi connectivity index (χ3n) is 3.97. The van der Waals surface area contributed by atoms with Crippen LogP contribution in [0.25, 0.3) is 16.8 Å². The topological polar surface area (TPSA) is 138 Å². The van der Waals surface area contributed by atoms with Crippen molar-refractivity contribution in [2.75, 3.05) is 36.9 Å². The Hall–Kier alpha value is -3.27. The second-order valence-electron chi connectivity index (χ2n) is 5.60. The molecule has 0 aromatic carbocycles. The van der Waals surface area contributed by atoms with Crippen molar-refractivity contribution < 1.29 is 9.53 Å². The van der Waals surface area contributed by atoms with E-state index in [4.69, 9.17) is 21.2 Å². The van der Waals surface area contributed by atoms with Crippen molar-refractivity contribution in [3.63, 3.8) is 0 Å². The Morgan fingerprint density at radius 3 is 2.60 bits per heavy atom. The first-order chi connectivity index (χ1) is 12.1. The molecule has 10 nitrogen and oxygen atoms in total. The number of fused-ring (bicyclic) bond motifs is 1. The van der Waals surface area contributed by atoms with E-state index in [1.807, 2.05) is 0 Å². The van der Waals surface area contributed by atoms with Crippen LogP contribution in [0.15, 0.2) is 24.7 Å². The summed E-state index contributed by atoms with van der Waals surface area (Å²) in [4.78, 5) is 26.3. The fraction of sp³-hybridized carbons (Fsp3) is 0.267. The van der Waals surface area contributed by atoms with Gasteiger partial charge in [0.15, 0.2) is 11.5 Å². The van der Waals surface area contributed by atoms with E-state index in [9.17, 15) is 4.79 Å². The molecule has 3 aromatic heterocycles. The molecule has 4 rings (SSSR count). The molecule has 25 heavy (non-hydrogen) atoms. The van der Waals surface area contributed by atoms with Crippen LogP contribution >= 0.6 is 0 Å². The first kappa shape index (κ1) is 15.3. The maximum Gasteiger partial charge on any atom is 0.269 e. The fourth-order valence-corrected chi connectivity index (χ4v) is 2.71. The van der Waals surface area contributed by atoms with E-state index in [0.29, 0.717) is 48.9 Å². The lowest BCUT2D eigenvalue weighted by molar-refractivity contribution is 0.0995. The van der Waals surface area contributed by atoms with E-state index in [0.717, 1.165) is 0 Å². The number of morpholine rings is 1. The lowest BCUT2D eigenvalue weighted by atomic mass is 10.2. The highest BCUT2D eigenvalue weighted by atomic mass is 16.5. The average Bonchev–Trinajstić information content (AvgIpc) is 3.07. The number of nitrogens with zero attached hydrogens (tertiary/aromatic N) is 6. The summed E-state index contributed by atoms with van der Waals surface area (Å²) in [6.45, 7) is 2.61. The number of nitrogen functional groups attached to an aromatic ring is 1. The van der Waals surface area contributed by atoms with Crippen LogP contribution in [-0.4, -0.2) is 56.8 Å². The van der Waals surface area contributed by atoms with Gasteiger partial charge in [0.25, 0.3) is 5.91 Å². The molecular formula is C15H16N8O2. The Balaban J connectivity index is 1.89. The first-order valence-electron chi connectivity index (χ1n) is 7.72. The van der Waals surface area contributed by atoms with Crippen molar-refractivity contribution in [3.05, 3.63) is 30.4 Å². The molecule has 0 aliphatic carbocycles. The SMILES string of the molecule is NC(=O)c1cc2c(N3CCOCC3)nc(-c3cnc(N)nc3)cn2n1. The zero-order chi connectivity index (χ0) is 17.4. The molecular weight excluding hydrogens is 324 g/mol. The van der Waals surface area contributed by atoms with Gasteiger partial charge in [0.2, 0.25) is 5.95 Å². The Bertz CT molecular complexity index is 931. The van der Waals surface area contributed by atoms with Crippen LogP contribution in [0, 0.1) is 0 Å². The lowest BCUT2D eigenvalue weighted by Gasteiger charge is -2.28. The molecule has 1 saturated heterocycles. The Kier molecular flexibility index (Phi) is 3.65. The van der Waals surface area contributed by atoms with E-state index in [-0.39, 0.29) is 11.6 Å². The van der Waals surface area contributed by atoms with Crippen molar-refractivity contribution in [1.82, 2.24) is 24.6 Å². The number of hydrogen-bond donors (Lipinski definition) is 2. The van der Waals surface area contributed by atoms with Gasteiger partial charge in [-0.15, -0.1) is 0 Å². The van der Waals surface area contributed by atoms with Crippen molar-refractivity contribution >= 4 is 23.2 Å². The molecule has 1 aliphatic rings. The molecule has 0 spiro atoms. The molecule has 3 aromatic rings. The minimum Gasteiger partial charge on any atom is -0.378 e. The summed E-state index contributed by atoms with van der Waals surface area (Å²) in [5.41, 5.74) is 13.1. The van der Waals surface area contributed by atoms with Gasteiger partial charge in [0, 0.05) is 37.1 Å². The van der Waals surface area contributed by atoms with Gasteiger partial charge >= 0.3 is 0 Å². The van der Waals surface area contributed by atoms with Gasteiger partial charge in [-0.05, 0) is 0 Å². The highest BCUT2D eigenvalue weighted by molar-refractivity contribution is 5.93. The second kappa shape index (κ2) is 5.98. The van der Waals surface area contributed by atoms with E-state index in [1.165, 1.54) is 0 Å². The molecule has 4 N–H and O–H groups in total. The number of primary amides is 1. The summed E-state index contributed by atoms with van der Waals surface area (Å²) < 4.78 is 7.01. The molecule has 0 unspecified atom stereocenters. The molecule has 0 atom stereocenters. The summed E-state index contributed by atoms with van der Waals surface area (Å²) in [5.74, 6) is 0.306. The van der Waals surface area contributed by atoms with E-state index < -0.39 is 5.91 Å². The fourth-order valence-electron chi connectivity index (χ4n) is 2.71. The predicted molar refractivity (Wildman–Crippen MR) is 90.0 cm³/mol. The van der Waals surface area contributed by atoms with E-state index >= 15 is 0 Å². The van der Waals surface area contributed by atoms with Crippen molar-refractivity contribution in [2.45, 2.75) is 0 Å². The van der Waals surface area contributed by atoms with Crippen molar-refractivity contribution in [2.24, 2.45) is 5.73 Å². The van der Waals surface area contributed by atoms with Gasteiger partial charge in [-0.3, -0.25) is 4.79 Å². The van der Waals surface area contributed by atoms with Gasteiger partial charge in [0.05, 0.1) is 25.1 Å². The van der Waals surface area contributed by atoms with Crippen LogP contribution in [0.2, 0.25) is 0 Å². The number of ether oxygens (including phenoxy) is 1. The van der Waals surface area contributed by atoms with Gasteiger partial charge in [-0.25, -0.2) is 19.5 Å². The zero-order valence-electron chi connectivity index (χ0n) is 13.3.